The maximum atomic E-state index is 12.7. The number of sulfonamides is 1. The second-order valence-electron chi connectivity index (χ2n) is 8.13. The summed E-state index contributed by atoms with van der Waals surface area (Å²) < 4.78 is 33.4. The molecule has 4 aromatic rings. The predicted molar refractivity (Wildman–Crippen MR) is 126 cm³/mol. The van der Waals surface area contributed by atoms with E-state index in [9.17, 15) is 8.42 Å². The molecule has 2 fully saturated rings. The van der Waals surface area contributed by atoms with Gasteiger partial charge in [0.1, 0.15) is 11.2 Å². The number of morpholine rings is 1. The van der Waals surface area contributed by atoms with Crippen LogP contribution in [0.2, 0.25) is 0 Å². The number of aromatic nitrogens is 4. The van der Waals surface area contributed by atoms with Crippen LogP contribution < -0.4 is 9.21 Å². The average molecular weight is 471 g/mol. The van der Waals surface area contributed by atoms with E-state index in [-0.39, 0.29) is 11.8 Å². The largest absolute Gasteiger partial charge is 0.377 e. The van der Waals surface area contributed by atoms with Crippen molar-refractivity contribution in [3.63, 3.8) is 0 Å². The smallest absolute Gasteiger partial charge is 0.235 e. The van der Waals surface area contributed by atoms with Crippen LogP contribution in [0.1, 0.15) is 13.3 Å². The number of hydrogen-bond acceptors (Lipinski definition) is 8. The number of thiophene rings is 1. The molecule has 4 aromatic heterocycles. The van der Waals surface area contributed by atoms with Crippen molar-refractivity contribution in [3.8, 4) is 11.4 Å². The highest BCUT2D eigenvalue weighted by atomic mass is 32.2. The van der Waals surface area contributed by atoms with Gasteiger partial charge in [-0.2, -0.15) is 0 Å². The fraction of sp³-hybridized carbons (Fsp3) is 0.381. The Morgan fingerprint density at radius 3 is 2.97 bits per heavy atom. The third-order valence-corrected chi connectivity index (χ3v) is 8.90. The third-order valence-electron chi connectivity index (χ3n) is 6.09. The molecule has 2 aliphatic rings. The molecule has 0 unspecified atom stereocenters. The fourth-order valence-electron chi connectivity index (χ4n) is 4.49. The lowest BCUT2D eigenvalue weighted by molar-refractivity contribution is 0.0987. The minimum Gasteiger partial charge on any atom is -0.377 e. The van der Waals surface area contributed by atoms with E-state index < -0.39 is 10.0 Å². The van der Waals surface area contributed by atoms with Crippen molar-refractivity contribution >= 4 is 54.1 Å². The molecule has 1 N–H and O–H groups in total. The molecule has 32 heavy (non-hydrogen) atoms. The molecule has 0 amide bonds. The van der Waals surface area contributed by atoms with Gasteiger partial charge in [-0.3, -0.25) is 4.31 Å². The standard InChI is InChI=1S/C21H22N6O3S2/c1-13-11-30-9-8-26(13)21-18-17(16(12-31-18)27-7-2-10-32(27,28)29)24-20(25-21)15-4-6-23-19-14(15)3-5-22-19/h3-6,12-13H,2,7-11H2,1H3,(H,22,23)/t13-/m1/s1. The van der Waals surface area contributed by atoms with Crippen LogP contribution in [0.15, 0.2) is 29.9 Å². The zero-order valence-electron chi connectivity index (χ0n) is 17.5. The first-order valence-electron chi connectivity index (χ1n) is 10.6. The number of anilines is 2. The molecular formula is C21H22N6O3S2. The van der Waals surface area contributed by atoms with Crippen LogP contribution in [-0.2, 0) is 14.8 Å². The first kappa shape index (κ1) is 19.9. The highest BCUT2D eigenvalue weighted by Crippen LogP contribution is 2.41. The molecule has 9 nitrogen and oxygen atoms in total. The van der Waals surface area contributed by atoms with Crippen molar-refractivity contribution in [1.82, 2.24) is 19.9 Å². The second kappa shape index (κ2) is 7.39. The maximum absolute atomic E-state index is 12.7. The van der Waals surface area contributed by atoms with Crippen LogP contribution in [0.4, 0.5) is 11.5 Å². The van der Waals surface area contributed by atoms with Crippen molar-refractivity contribution in [3.05, 3.63) is 29.9 Å². The number of nitrogens with zero attached hydrogens (tertiary/aromatic N) is 5. The molecule has 2 aliphatic heterocycles. The van der Waals surface area contributed by atoms with Crippen LogP contribution >= 0.6 is 11.3 Å². The zero-order valence-corrected chi connectivity index (χ0v) is 19.1. The summed E-state index contributed by atoms with van der Waals surface area (Å²) in [4.78, 5) is 19.7. The summed E-state index contributed by atoms with van der Waals surface area (Å²) in [5, 5.41) is 2.83. The Kier molecular flexibility index (Phi) is 4.60. The summed E-state index contributed by atoms with van der Waals surface area (Å²) in [6.07, 6.45) is 4.20. The van der Waals surface area contributed by atoms with Crippen LogP contribution in [0.5, 0.6) is 0 Å². The molecular weight excluding hydrogens is 448 g/mol. The van der Waals surface area contributed by atoms with E-state index in [4.69, 9.17) is 14.7 Å². The van der Waals surface area contributed by atoms with E-state index >= 15 is 0 Å². The highest BCUT2D eigenvalue weighted by molar-refractivity contribution is 7.93. The Morgan fingerprint density at radius 2 is 2.16 bits per heavy atom. The van der Waals surface area contributed by atoms with Gasteiger partial charge in [-0.25, -0.2) is 23.4 Å². The minimum absolute atomic E-state index is 0.153. The van der Waals surface area contributed by atoms with Crippen molar-refractivity contribution in [2.45, 2.75) is 19.4 Å². The normalized spacial score (nSPS) is 21.1. The summed E-state index contributed by atoms with van der Waals surface area (Å²) >= 11 is 1.50. The number of H-pyrrole nitrogens is 1. The highest BCUT2D eigenvalue weighted by Gasteiger charge is 2.33. The molecule has 0 spiro atoms. The average Bonchev–Trinajstić information content (AvgIpc) is 3.50. The number of hydrogen-bond donors (Lipinski definition) is 1. The summed E-state index contributed by atoms with van der Waals surface area (Å²) in [5.41, 5.74) is 2.95. The molecule has 0 aliphatic carbocycles. The molecule has 11 heteroatoms. The number of aromatic amines is 1. The molecule has 2 saturated heterocycles. The monoisotopic (exact) mass is 470 g/mol. The van der Waals surface area contributed by atoms with Gasteiger partial charge in [0.05, 0.1) is 35.4 Å². The lowest BCUT2D eigenvalue weighted by atomic mass is 10.1. The van der Waals surface area contributed by atoms with Gasteiger partial charge in [0.25, 0.3) is 0 Å². The van der Waals surface area contributed by atoms with E-state index in [2.05, 4.69) is 21.8 Å². The van der Waals surface area contributed by atoms with Crippen LogP contribution in [0.3, 0.4) is 0 Å². The van der Waals surface area contributed by atoms with Crippen molar-refractivity contribution in [2.24, 2.45) is 0 Å². The summed E-state index contributed by atoms with van der Waals surface area (Å²) in [7, 11) is -3.32. The molecule has 166 valence electrons. The van der Waals surface area contributed by atoms with Gasteiger partial charge >= 0.3 is 0 Å². The Morgan fingerprint density at radius 1 is 1.25 bits per heavy atom. The van der Waals surface area contributed by atoms with Crippen LogP contribution in [-0.4, -0.2) is 66.5 Å². The van der Waals surface area contributed by atoms with E-state index in [1.807, 2.05) is 23.7 Å². The van der Waals surface area contributed by atoms with E-state index in [0.29, 0.717) is 43.2 Å². The number of rotatable bonds is 3. The Hall–Kier alpha value is -2.76. The molecule has 6 heterocycles. The number of pyridine rings is 1. The van der Waals surface area contributed by atoms with Crippen molar-refractivity contribution in [2.75, 3.05) is 41.3 Å². The number of ether oxygens (including phenoxy) is 1. The van der Waals surface area contributed by atoms with Crippen LogP contribution in [0, 0.1) is 0 Å². The quantitative estimate of drug-likeness (QED) is 0.491. The summed E-state index contributed by atoms with van der Waals surface area (Å²) in [6, 6.07) is 4.02. The van der Waals surface area contributed by atoms with Gasteiger partial charge in [0.2, 0.25) is 10.0 Å². The molecule has 0 radical (unpaired) electrons. The molecule has 0 bridgehead atoms. The first-order chi connectivity index (χ1) is 15.5. The Bertz CT molecular complexity index is 1430. The van der Waals surface area contributed by atoms with Gasteiger partial charge in [-0.1, -0.05) is 0 Å². The number of nitrogens with one attached hydrogen (secondary N) is 1. The van der Waals surface area contributed by atoms with Gasteiger partial charge in [-0.15, -0.1) is 11.3 Å². The lowest BCUT2D eigenvalue weighted by Crippen LogP contribution is -2.44. The first-order valence-corrected chi connectivity index (χ1v) is 13.1. The topological polar surface area (TPSA) is 104 Å². The van der Waals surface area contributed by atoms with E-state index in [0.717, 1.165) is 33.7 Å². The lowest BCUT2D eigenvalue weighted by Gasteiger charge is -2.34. The molecule has 6 rings (SSSR count). The molecule has 0 saturated carbocycles. The van der Waals surface area contributed by atoms with Gasteiger partial charge in [0, 0.05) is 41.8 Å². The Labute approximate surface area is 189 Å². The molecule has 1 atom stereocenters. The predicted octanol–water partition coefficient (Wildman–Crippen LogP) is 3.00. The number of fused-ring (bicyclic) bond motifs is 2. The second-order valence-corrected chi connectivity index (χ2v) is 11.0. The Balaban J connectivity index is 1.61. The van der Waals surface area contributed by atoms with Gasteiger partial charge in [-0.05, 0) is 25.5 Å². The van der Waals surface area contributed by atoms with Crippen molar-refractivity contribution in [1.29, 1.82) is 0 Å². The SMILES string of the molecule is C[C@@H]1COCCN1c1nc(-c2ccnc3[nH]ccc23)nc2c(N3CCCS3(=O)=O)csc12. The summed E-state index contributed by atoms with van der Waals surface area (Å²) in [6.45, 7) is 4.56. The van der Waals surface area contributed by atoms with E-state index in [1.165, 1.54) is 15.6 Å². The fourth-order valence-corrected chi connectivity index (χ4v) is 7.12. The summed E-state index contributed by atoms with van der Waals surface area (Å²) in [5.74, 6) is 1.56. The van der Waals surface area contributed by atoms with Gasteiger partial charge in [0.15, 0.2) is 11.6 Å². The molecule has 0 aromatic carbocycles. The zero-order chi connectivity index (χ0) is 21.9. The van der Waals surface area contributed by atoms with Gasteiger partial charge < -0.3 is 14.6 Å². The maximum Gasteiger partial charge on any atom is 0.235 e. The van der Waals surface area contributed by atoms with Crippen LogP contribution in [0.25, 0.3) is 32.6 Å². The van der Waals surface area contributed by atoms with Crippen molar-refractivity contribution < 1.29 is 13.2 Å². The third kappa shape index (κ3) is 3.06. The minimum atomic E-state index is -3.32. The van der Waals surface area contributed by atoms with E-state index in [1.54, 1.807) is 6.20 Å².